The average Bonchev–Trinajstić information content (AvgIpc) is 3.45. The van der Waals surface area contributed by atoms with Gasteiger partial charge in [0, 0.05) is 19.3 Å². The number of esters is 3. The first-order chi connectivity index (χ1) is 39.0. The lowest BCUT2D eigenvalue weighted by molar-refractivity contribution is -0.167. The maximum absolute atomic E-state index is 12.9. The first-order valence-corrected chi connectivity index (χ1v) is 32.7. The molecule has 0 N–H and O–H groups in total. The zero-order valence-electron chi connectivity index (χ0n) is 51.3. The second-order valence-electron chi connectivity index (χ2n) is 21.3. The van der Waals surface area contributed by atoms with Gasteiger partial charge in [-0.1, -0.05) is 264 Å². The van der Waals surface area contributed by atoms with Crippen LogP contribution in [0.15, 0.2) is 134 Å². The molecule has 0 amide bonds. The SMILES string of the molecule is CC/C=C\C/C=C\C/C=C\C/C=C\C/C=C\C/C=C\C/C=C\CCCCCCCCCC(=O)OCC(COC(=O)CCCCCCC/C=C\CCCCCC)OC(=O)CCCCCCCC/C=C\C/C=C\C/C=C\CCCCC. The van der Waals surface area contributed by atoms with E-state index in [9.17, 15) is 14.4 Å². The van der Waals surface area contributed by atoms with E-state index in [0.29, 0.717) is 19.3 Å². The summed E-state index contributed by atoms with van der Waals surface area (Å²) in [6, 6.07) is 0. The molecule has 0 aromatic heterocycles. The van der Waals surface area contributed by atoms with Crippen molar-refractivity contribution < 1.29 is 28.6 Å². The van der Waals surface area contributed by atoms with Crippen molar-refractivity contribution in [3.63, 3.8) is 0 Å². The van der Waals surface area contributed by atoms with Gasteiger partial charge in [0.05, 0.1) is 0 Å². The summed E-state index contributed by atoms with van der Waals surface area (Å²) < 4.78 is 16.9. The molecule has 0 saturated heterocycles. The Morgan fingerprint density at radius 1 is 0.266 bits per heavy atom. The summed E-state index contributed by atoms with van der Waals surface area (Å²) in [5, 5.41) is 0. The molecule has 0 aliphatic heterocycles. The molecule has 0 heterocycles. The number of carbonyl (C=O) groups excluding carboxylic acids is 3. The van der Waals surface area contributed by atoms with Crippen molar-refractivity contribution >= 4 is 17.9 Å². The topological polar surface area (TPSA) is 78.9 Å². The van der Waals surface area contributed by atoms with Gasteiger partial charge in [-0.25, -0.2) is 0 Å². The number of hydrogen-bond acceptors (Lipinski definition) is 6. The van der Waals surface area contributed by atoms with E-state index in [1.54, 1.807) is 0 Å². The summed E-state index contributed by atoms with van der Waals surface area (Å²) in [6.45, 7) is 6.46. The molecule has 0 rings (SSSR count). The van der Waals surface area contributed by atoms with Crippen LogP contribution in [0.1, 0.15) is 290 Å². The lowest BCUT2D eigenvalue weighted by atomic mass is 10.1. The molecule has 448 valence electrons. The molecule has 0 radical (unpaired) electrons. The van der Waals surface area contributed by atoms with Gasteiger partial charge in [-0.15, -0.1) is 0 Å². The minimum absolute atomic E-state index is 0.0941. The van der Waals surface area contributed by atoms with Crippen LogP contribution in [0.2, 0.25) is 0 Å². The molecule has 1 unspecified atom stereocenters. The molecule has 1 atom stereocenters. The van der Waals surface area contributed by atoms with E-state index in [2.05, 4.69) is 154 Å². The summed E-state index contributed by atoms with van der Waals surface area (Å²) in [4.78, 5) is 38.3. The molecular formula is C73H120O6. The van der Waals surface area contributed by atoms with Crippen LogP contribution < -0.4 is 0 Å². The quantitative estimate of drug-likeness (QED) is 0.0261. The zero-order chi connectivity index (χ0) is 57.1. The van der Waals surface area contributed by atoms with E-state index in [0.717, 1.165) is 148 Å². The predicted octanol–water partition coefficient (Wildman–Crippen LogP) is 22.5. The van der Waals surface area contributed by atoms with Crippen LogP contribution in [-0.2, 0) is 28.6 Å². The Balaban J connectivity index is 4.38. The summed E-state index contributed by atoms with van der Waals surface area (Å²) in [5.74, 6) is -0.924. The van der Waals surface area contributed by atoms with E-state index in [-0.39, 0.29) is 31.1 Å². The van der Waals surface area contributed by atoms with E-state index in [4.69, 9.17) is 14.2 Å². The fraction of sp³-hybridized carbons (Fsp3) is 0.658. The highest BCUT2D eigenvalue weighted by atomic mass is 16.6. The molecule has 0 spiro atoms. The van der Waals surface area contributed by atoms with Gasteiger partial charge in [0.25, 0.3) is 0 Å². The van der Waals surface area contributed by atoms with Crippen molar-refractivity contribution in [2.75, 3.05) is 13.2 Å². The maximum Gasteiger partial charge on any atom is 0.306 e. The molecule has 0 aromatic rings. The molecule has 0 fully saturated rings. The normalized spacial score (nSPS) is 13.0. The van der Waals surface area contributed by atoms with Crippen LogP contribution in [0.5, 0.6) is 0 Å². The van der Waals surface area contributed by atoms with Gasteiger partial charge < -0.3 is 14.2 Å². The number of carbonyl (C=O) groups is 3. The molecule has 0 bridgehead atoms. The molecular weight excluding hydrogens is 973 g/mol. The minimum Gasteiger partial charge on any atom is -0.462 e. The van der Waals surface area contributed by atoms with E-state index in [1.165, 1.54) is 103 Å². The van der Waals surface area contributed by atoms with Gasteiger partial charge in [-0.3, -0.25) is 14.4 Å². The fourth-order valence-corrected chi connectivity index (χ4v) is 8.72. The molecule has 6 heteroatoms. The number of allylic oxidation sites excluding steroid dienone is 22. The smallest absolute Gasteiger partial charge is 0.306 e. The second kappa shape index (κ2) is 66.1. The number of rotatable bonds is 58. The lowest BCUT2D eigenvalue weighted by Gasteiger charge is -2.18. The van der Waals surface area contributed by atoms with Crippen LogP contribution in [0.3, 0.4) is 0 Å². The summed E-state index contributed by atoms with van der Waals surface area (Å²) >= 11 is 0. The number of ether oxygens (including phenoxy) is 3. The monoisotopic (exact) mass is 1090 g/mol. The first kappa shape index (κ1) is 74.5. The van der Waals surface area contributed by atoms with Crippen LogP contribution >= 0.6 is 0 Å². The van der Waals surface area contributed by atoms with Gasteiger partial charge in [0.2, 0.25) is 0 Å². The van der Waals surface area contributed by atoms with Gasteiger partial charge >= 0.3 is 17.9 Å². The predicted molar refractivity (Wildman–Crippen MR) is 343 cm³/mol. The Morgan fingerprint density at radius 3 is 0.810 bits per heavy atom. The second-order valence-corrected chi connectivity index (χ2v) is 21.3. The molecule has 0 saturated carbocycles. The maximum atomic E-state index is 12.9. The fourth-order valence-electron chi connectivity index (χ4n) is 8.72. The Kier molecular flexibility index (Phi) is 62.3. The highest BCUT2D eigenvalue weighted by Gasteiger charge is 2.19. The standard InChI is InChI=1S/C73H120O6/c1-4-7-10-13-16-19-22-25-27-29-31-32-33-34-35-36-37-38-39-40-42-43-45-48-51-54-57-60-63-66-72(75)78-69-70(68-77-71(74)65-62-59-56-53-50-47-24-21-18-15-12-9-6-3)79-73(76)67-64-61-58-55-52-49-46-44-41-30-28-26-23-20-17-14-11-8-5-2/h7,10,16-17,19-21,24-28,31-32,34-35,37-38,40-42,44,70H,4-6,8-9,11-15,18,22-23,29-30,33,36,39,43,45-69H2,1-3H3/b10-7-,19-16-,20-17-,24-21-,27-25-,28-26-,32-31-,35-34-,38-37-,42-40-,44-41-. The van der Waals surface area contributed by atoms with Crippen LogP contribution in [0, 0.1) is 0 Å². The minimum atomic E-state index is -0.799. The summed E-state index contributed by atoms with van der Waals surface area (Å²) in [6.07, 6.45) is 93.1. The highest BCUT2D eigenvalue weighted by molar-refractivity contribution is 5.71. The largest absolute Gasteiger partial charge is 0.462 e. The van der Waals surface area contributed by atoms with Crippen molar-refractivity contribution in [3.8, 4) is 0 Å². The Morgan fingerprint density at radius 2 is 0.494 bits per heavy atom. The number of unbranched alkanes of at least 4 members (excludes halogenated alkanes) is 25. The Labute approximate surface area is 487 Å². The van der Waals surface area contributed by atoms with Gasteiger partial charge in [-0.2, -0.15) is 0 Å². The van der Waals surface area contributed by atoms with Gasteiger partial charge in [0.1, 0.15) is 13.2 Å². The van der Waals surface area contributed by atoms with E-state index >= 15 is 0 Å². The highest BCUT2D eigenvalue weighted by Crippen LogP contribution is 2.15. The van der Waals surface area contributed by atoms with Crippen molar-refractivity contribution in [3.05, 3.63) is 134 Å². The summed E-state index contributed by atoms with van der Waals surface area (Å²) in [7, 11) is 0. The van der Waals surface area contributed by atoms with Crippen LogP contribution in [-0.4, -0.2) is 37.2 Å². The summed E-state index contributed by atoms with van der Waals surface area (Å²) in [5.41, 5.74) is 0. The molecule has 79 heavy (non-hydrogen) atoms. The van der Waals surface area contributed by atoms with Gasteiger partial charge in [0.15, 0.2) is 6.10 Å². The van der Waals surface area contributed by atoms with E-state index < -0.39 is 6.10 Å². The van der Waals surface area contributed by atoms with Crippen molar-refractivity contribution in [1.82, 2.24) is 0 Å². The average molecular weight is 1090 g/mol. The molecule has 6 nitrogen and oxygen atoms in total. The molecule has 0 aliphatic rings. The van der Waals surface area contributed by atoms with Crippen LogP contribution in [0.25, 0.3) is 0 Å². The molecule has 0 aliphatic carbocycles. The zero-order valence-corrected chi connectivity index (χ0v) is 51.3. The van der Waals surface area contributed by atoms with Crippen molar-refractivity contribution in [2.24, 2.45) is 0 Å². The van der Waals surface area contributed by atoms with Crippen LogP contribution in [0.4, 0.5) is 0 Å². The lowest BCUT2D eigenvalue weighted by Crippen LogP contribution is -2.30. The first-order valence-electron chi connectivity index (χ1n) is 32.7. The third-order valence-electron chi connectivity index (χ3n) is 13.6. The van der Waals surface area contributed by atoms with Gasteiger partial charge in [-0.05, 0) is 141 Å². The molecule has 0 aromatic carbocycles. The Bertz CT molecular complexity index is 1680. The van der Waals surface area contributed by atoms with Crippen molar-refractivity contribution in [1.29, 1.82) is 0 Å². The third-order valence-corrected chi connectivity index (χ3v) is 13.6. The Hall–Kier alpha value is -4.45. The van der Waals surface area contributed by atoms with E-state index in [1.807, 2.05) is 0 Å². The van der Waals surface area contributed by atoms with Crippen molar-refractivity contribution in [2.45, 2.75) is 297 Å². The number of hydrogen-bond donors (Lipinski definition) is 0. The third kappa shape index (κ3) is 64.3.